The van der Waals surface area contributed by atoms with Crippen LogP contribution in [0.1, 0.15) is 46.4 Å². The van der Waals surface area contributed by atoms with Gasteiger partial charge in [0.15, 0.2) is 5.82 Å². The van der Waals surface area contributed by atoms with Crippen LogP contribution in [-0.2, 0) is 13.6 Å². The summed E-state index contributed by atoms with van der Waals surface area (Å²) in [5.41, 5.74) is 15.7. The first-order valence-electron chi connectivity index (χ1n) is 15.5. The predicted octanol–water partition coefficient (Wildman–Crippen LogP) is 5.13. The van der Waals surface area contributed by atoms with Gasteiger partial charge < -0.3 is 30.2 Å². The Kier molecular flexibility index (Phi) is 6.63. The molecule has 2 saturated carbocycles. The number of aromatic nitrogens is 4. The number of hydrogen-bond donors (Lipinski definition) is 2. The van der Waals surface area contributed by atoms with E-state index in [-0.39, 0.29) is 34.1 Å². The predicted molar refractivity (Wildman–Crippen MR) is 173 cm³/mol. The van der Waals surface area contributed by atoms with Crippen molar-refractivity contribution < 1.29 is 18.7 Å². The van der Waals surface area contributed by atoms with Crippen molar-refractivity contribution in [2.24, 2.45) is 30.4 Å². The number of piperidine rings is 1. The summed E-state index contributed by atoms with van der Waals surface area (Å²) < 4.78 is 25.1. The van der Waals surface area contributed by atoms with E-state index in [2.05, 4.69) is 4.57 Å². The lowest BCUT2D eigenvalue weighted by Crippen LogP contribution is -2.41. The van der Waals surface area contributed by atoms with Crippen molar-refractivity contribution in [2.45, 2.75) is 44.3 Å². The first-order valence-corrected chi connectivity index (χ1v) is 15.9. The maximum absolute atomic E-state index is 15.2. The molecule has 1 saturated heterocycles. The van der Waals surface area contributed by atoms with E-state index >= 15 is 4.39 Å². The number of carbonyl (C=O) groups is 2. The van der Waals surface area contributed by atoms with Crippen LogP contribution in [0.25, 0.3) is 44.8 Å². The van der Waals surface area contributed by atoms with E-state index in [9.17, 15) is 9.59 Å². The van der Waals surface area contributed by atoms with Crippen LogP contribution in [0.5, 0.6) is 5.75 Å². The molecule has 2 bridgehead atoms. The molecule has 3 unspecified atom stereocenters. The van der Waals surface area contributed by atoms with Crippen molar-refractivity contribution in [1.82, 2.24) is 24.0 Å². The van der Waals surface area contributed by atoms with Crippen LogP contribution in [-0.4, -0.2) is 61.6 Å². The molecule has 2 aliphatic carbocycles. The molecule has 8 rings (SSSR count). The lowest BCUT2D eigenvalue weighted by molar-refractivity contribution is 0.0700. The second-order valence-corrected chi connectivity index (χ2v) is 13.3. The highest BCUT2D eigenvalue weighted by atomic mass is 35.5. The molecule has 4 N–H and O–H groups in total. The highest BCUT2D eigenvalue weighted by molar-refractivity contribution is 6.34. The van der Waals surface area contributed by atoms with Crippen molar-refractivity contribution in [3.8, 4) is 28.5 Å². The molecule has 2 amide bonds. The summed E-state index contributed by atoms with van der Waals surface area (Å²) >= 11 is 6.28. The van der Waals surface area contributed by atoms with E-state index in [0.717, 1.165) is 54.9 Å². The zero-order valence-electron chi connectivity index (χ0n) is 25.5. The Labute approximate surface area is 269 Å². The molecule has 46 heavy (non-hydrogen) atoms. The van der Waals surface area contributed by atoms with Gasteiger partial charge >= 0.3 is 0 Å². The molecule has 5 aromatic rings. The second kappa shape index (κ2) is 10.5. The Morgan fingerprint density at radius 2 is 1.89 bits per heavy atom. The SMILES string of the molecule is COc1cc(C(=O)N2CC3CCC2C3N)cc2nc(-c3cc4ccc(-c5cc(Cl)c(C(N)=O)cc5F)nc4n3CC3CC3)n(C)c12. The van der Waals surface area contributed by atoms with Gasteiger partial charge in [0, 0.05) is 48.7 Å². The maximum Gasteiger partial charge on any atom is 0.254 e. The largest absolute Gasteiger partial charge is 0.494 e. The van der Waals surface area contributed by atoms with E-state index in [1.807, 2.05) is 34.7 Å². The number of methoxy groups -OCH3 is 1. The third kappa shape index (κ3) is 4.47. The minimum absolute atomic E-state index is 0.0292. The lowest BCUT2D eigenvalue weighted by Gasteiger charge is -2.27. The molecule has 3 aromatic heterocycles. The van der Waals surface area contributed by atoms with Gasteiger partial charge in [-0.05, 0) is 80.0 Å². The van der Waals surface area contributed by atoms with E-state index in [1.165, 1.54) is 6.07 Å². The van der Waals surface area contributed by atoms with E-state index in [1.54, 1.807) is 19.2 Å². The number of hydrogen-bond acceptors (Lipinski definition) is 6. The van der Waals surface area contributed by atoms with Crippen molar-refractivity contribution in [3.63, 3.8) is 0 Å². The van der Waals surface area contributed by atoms with Crippen molar-refractivity contribution in [1.29, 1.82) is 0 Å². The van der Waals surface area contributed by atoms with Crippen LogP contribution in [0, 0.1) is 17.7 Å². The van der Waals surface area contributed by atoms with Gasteiger partial charge in [-0.15, -0.1) is 0 Å². The Hall–Kier alpha value is -4.48. The van der Waals surface area contributed by atoms with E-state index < -0.39 is 11.7 Å². The third-order valence-electron chi connectivity index (χ3n) is 10.0. The summed E-state index contributed by atoms with van der Waals surface area (Å²) in [7, 11) is 3.53. The van der Waals surface area contributed by atoms with Gasteiger partial charge in [-0.3, -0.25) is 9.59 Å². The number of rotatable bonds is 7. The number of likely N-dealkylation sites (tertiary alicyclic amines) is 1. The molecule has 1 aliphatic heterocycles. The Morgan fingerprint density at radius 3 is 2.57 bits per heavy atom. The van der Waals surface area contributed by atoms with E-state index in [4.69, 9.17) is 37.8 Å². The highest BCUT2D eigenvalue weighted by Gasteiger charge is 2.47. The molecule has 3 aliphatic rings. The van der Waals surface area contributed by atoms with Crippen LogP contribution in [0.4, 0.5) is 4.39 Å². The number of fused-ring (bicyclic) bond motifs is 4. The molecule has 3 atom stereocenters. The zero-order valence-corrected chi connectivity index (χ0v) is 26.2. The fourth-order valence-electron chi connectivity index (χ4n) is 7.40. The molecule has 0 spiro atoms. The first kappa shape index (κ1) is 29.0. The monoisotopic (exact) mass is 641 g/mol. The molecule has 0 radical (unpaired) electrons. The lowest BCUT2D eigenvalue weighted by atomic mass is 10.1. The number of nitrogens with two attached hydrogens (primary N) is 2. The number of aryl methyl sites for hydroxylation is 1. The van der Waals surface area contributed by atoms with Crippen molar-refractivity contribution in [3.05, 3.63) is 64.4 Å². The van der Waals surface area contributed by atoms with Gasteiger partial charge in [0.25, 0.3) is 5.91 Å². The number of benzene rings is 2. The molecule has 3 fully saturated rings. The minimum Gasteiger partial charge on any atom is -0.494 e. The fraction of sp³-hybridized carbons (Fsp3) is 0.353. The van der Waals surface area contributed by atoms with Gasteiger partial charge in [-0.1, -0.05) is 11.6 Å². The zero-order chi connectivity index (χ0) is 32.0. The quantitative estimate of drug-likeness (QED) is 0.253. The summed E-state index contributed by atoms with van der Waals surface area (Å²) in [4.78, 5) is 37.3. The van der Waals surface area contributed by atoms with Crippen LogP contribution < -0.4 is 16.2 Å². The third-order valence-corrected chi connectivity index (χ3v) is 10.3. The van der Waals surface area contributed by atoms with Crippen LogP contribution >= 0.6 is 11.6 Å². The molecular weight excluding hydrogens is 609 g/mol. The number of amides is 2. The Morgan fingerprint density at radius 1 is 1.09 bits per heavy atom. The fourth-order valence-corrected chi connectivity index (χ4v) is 7.66. The van der Waals surface area contributed by atoms with Crippen molar-refractivity contribution >= 4 is 45.5 Å². The van der Waals surface area contributed by atoms with Gasteiger partial charge in [0.2, 0.25) is 5.91 Å². The summed E-state index contributed by atoms with van der Waals surface area (Å²) in [6.45, 7) is 1.40. The molecule has 12 heteroatoms. The average molecular weight is 642 g/mol. The molecule has 236 valence electrons. The summed E-state index contributed by atoms with van der Waals surface area (Å²) in [6, 6.07) is 11.8. The Balaban J connectivity index is 1.24. The number of carbonyl (C=O) groups excluding carboxylic acids is 2. The number of imidazole rings is 1. The molecule has 10 nitrogen and oxygen atoms in total. The molecule has 2 aromatic carbocycles. The smallest absolute Gasteiger partial charge is 0.254 e. The van der Waals surface area contributed by atoms with Crippen LogP contribution in [0.3, 0.4) is 0 Å². The van der Waals surface area contributed by atoms with Gasteiger partial charge in [-0.25, -0.2) is 14.4 Å². The van der Waals surface area contributed by atoms with Crippen LogP contribution in [0.2, 0.25) is 5.02 Å². The average Bonchev–Trinajstić information content (AvgIpc) is 3.45. The summed E-state index contributed by atoms with van der Waals surface area (Å²) in [6.07, 6.45) is 4.23. The maximum atomic E-state index is 15.2. The number of primary amides is 1. The highest BCUT2D eigenvalue weighted by Crippen LogP contribution is 2.40. The van der Waals surface area contributed by atoms with Gasteiger partial charge in [-0.2, -0.15) is 0 Å². The van der Waals surface area contributed by atoms with E-state index in [0.29, 0.717) is 52.4 Å². The number of nitrogens with zero attached hydrogens (tertiary/aromatic N) is 5. The number of ether oxygens (including phenoxy) is 1. The van der Waals surface area contributed by atoms with Crippen molar-refractivity contribution in [2.75, 3.05) is 13.7 Å². The molecular formula is C34H33ClFN7O3. The number of halogens is 2. The topological polar surface area (TPSA) is 134 Å². The molecule has 4 heterocycles. The Bertz CT molecular complexity index is 2100. The van der Waals surface area contributed by atoms with Gasteiger partial charge in [0.05, 0.1) is 34.6 Å². The summed E-state index contributed by atoms with van der Waals surface area (Å²) in [5.74, 6) is 0.619. The second-order valence-electron chi connectivity index (χ2n) is 12.8. The normalized spacial score (nSPS) is 20.7. The minimum atomic E-state index is -0.801. The summed E-state index contributed by atoms with van der Waals surface area (Å²) in [5, 5.41) is 0.932. The number of pyridine rings is 1. The standard InChI is InChI=1S/C34H33ClFN7O3/c1-41-30-25(9-19(11-28(30)46-2)34(45)43-15-18-6-8-26(43)29(18)37)40-33(41)27-10-17-5-7-24(39-32(17)42(27)14-16-3-4-16)21-12-22(35)20(31(38)44)13-23(21)36/h5,7,9-13,16,18,26,29H,3-4,6,8,14-15,37H2,1-2H3,(H2,38,44). The van der Waals surface area contributed by atoms with Crippen LogP contribution in [0.15, 0.2) is 42.5 Å². The first-order chi connectivity index (χ1) is 22.1. The van der Waals surface area contributed by atoms with Gasteiger partial charge in [0.1, 0.15) is 22.7 Å².